The highest BCUT2D eigenvalue weighted by molar-refractivity contribution is 8.76. The predicted octanol–water partition coefficient (Wildman–Crippen LogP) is 3.84. The van der Waals surface area contributed by atoms with Gasteiger partial charge in [-0.25, -0.2) is 4.21 Å². The van der Waals surface area contributed by atoms with Crippen molar-refractivity contribution in [2.45, 2.75) is 24.2 Å². The van der Waals surface area contributed by atoms with Crippen molar-refractivity contribution >= 4 is 32.7 Å². The fourth-order valence-electron chi connectivity index (χ4n) is 1.72. The van der Waals surface area contributed by atoms with Gasteiger partial charge in [-0.1, -0.05) is 17.2 Å². The normalized spacial score (nSPS) is 12.0. The van der Waals surface area contributed by atoms with Crippen LogP contribution in [0.3, 0.4) is 0 Å². The summed E-state index contributed by atoms with van der Waals surface area (Å²) in [7, 11) is 8.18. The molecule has 5 nitrogen and oxygen atoms in total. The molecule has 1 N–H and O–H groups in total. The van der Waals surface area contributed by atoms with Gasteiger partial charge in [0.2, 0.25) is 0 Å². The van der Waals surface area contributed by atoms with Crippen LogP contribution in [-0.2, 0) is 11.1 Å². The third kappa shape index (κ3) is 6.68. The molecule has 126 valence electrons. The first-order chi connectivity index (χ1) is 10.6. The lowest BCUT2D eigenvalue weighted by Crippen LogP contribution is -1.95. The molecule has 0 bridgehead atoms. The summed E-state index contributed by atoms with van der Waals surface area (Å²) in [6.45, 7) is 0. The van der Waals surface area contributed by atoms with Crippen molar-refractivity contribution in [1.29, 1.82) is 0 Å². The molecular weight excluding hydrogens is 344 g/mol. The Morgan fingerprint density at radius 1 is 1.05 bits per heavy atom. The zero-order valence-electron chi connectivity index (χ0n) is 13.0. The van der Waals surface area contributed by atoms with Gasteiger partial charge in [0.05, 0.1) is 21.3 Å². The van der Waals surface area contributed by atoms with E-state index >= 15 is 0 Å². The molecule has 22 heavy (non-hydrogen) atoms. The highest BCUT2D eigenvalue weighted by Crippen LogP contribution is 2.46. The van der Waals surface area contributed by atoms with Crippen molar-refractivity contribution in [1.82, 2.24) is 0 Å². The summed E-state index contributed by atoms with van der Waals surface area (Å²) in [6, 6.07) is 3.67. The quantitative estimate of drug-likeness (QED) is 0.362. The predicted molar refractivity (Wildman–Crippen MR) is 93.9 cm³/mol. The van der Waals surface area contributed by atoms with E-state index in [-0.39, 0.29) is 0 Å². The largest absolute Gasteiger partial charge is 0.496 e. The number of methoxy groups -OCH3 is 3. The average molecular weight is 367 g/mol. The van der Waals surface area contributed by atoms with Gasteiger partial charge in [-0.15, -0.1) is 0 Å². The Kier molecular flexibility index (Phi) is 9.77. The summed E-state index contributed by atoms with van der Waals surface area (Å²) in [5, 5.41) is 0. The van der Waals surface area contributed by atoms with Crippen molar-refractivity contribution in [2.24, 2.45) is 0 Å². The maximum atomic E-state index is 10.5. The second-order valence-corrected chi connectivity index (χ2v) is 7.83. The maximum Gasteiger partial charge on any atom is 0.152 e. The van der Waals surface area contributed by atoms with Crippen LogP contribution in [0, 0.1) is 0 Å². The highest BCUT2D eigenvalue weighted by atomic mass is 33.1. The summed E-state index contributed by atoms with van der Waals surface area (Å²) in [6.07, 6.45) is 2.75. The summed E-state index contributed by atoms with van der Waals surface area (Å²) in [4.78, 5) is 0.937. The zero-order chi connectivity index (χ0) is 16.4. The molecule has 0 amide bonds. The molecule has 1 rings (SSSR count). The Morgan fingerprint density at radius 2 is 1.68 bits per heavy atom. The molecule has 0 spiro atoms. The van der Waals surface area contributed by atoms with E-state index < -0.39 is 11.1 Å². The minimum absolute atomic E-state index is 0.359. The Hall–Kier alpha value is -0.570. The number of benzene rings is 1. The van der Waals surface area contributed by atoms with Gasteiger partial charge < -0.3 is 18.8 Å². The maximum absolute atomic E-state index is 10.5. The topological polar surface area (TPSA) is 65.0 Å². The minimum atomic E-state index is -1.67. The van der Waals surface area contributed by atoms with E-state index in [4.69, 9.17) is 18.8 Å². The first kappa shape index (κ1) is 19.5. The van der Waals surface area contributed by atoms with Crippen LogP contribution >= 0.6 is 21.6 Å². The van der Waals surface area contributed by atoms with E-state index in [9.17, 15) is 4.21 Å². The molecule has 0 fully saturated rings. The van der Waals surface area contributed by atoms with Crippen molar-refractivity contribution < 1.29 is 23.0 Å². The van der Waals surface area contributed by atoms with E-state index in [0.29, 0.717) is 11.5 Å². The number of unbranched alkanes of at least 4 members (excludes halogenated alkanes) is 2. The van der Waals surface area contributed by atoms with E-state index in [0.717, 1.165) is 41.4 Å². The van der Waals surface area contributed by atoms with E-state index in [1.165, 1.54) is 0 Å². The Balaban J connectivity index is 2.49. The molecule has 1 aromatic rings. The van der Waals surface area contributed by atoms with Crippen molar-refractivity contribution in [3.63, 3.8) is 0 Å². The van der Waals surface area contributed by atoms with Crippen molar-refractivity contribution in [2.75, 3.05) is 32.8 Å². The molecule has 0 aliphatic carbocycles. The van der Waals surface area contributed by atoms with Gasteiger partial charge in [-0.2, -0.15) is 0 Å². The molecule has 0 saturated carbocycles. The number of hydrogen-bond acceptors (Lipinski definition) is 6. The lowest BCUT2D eigenvalue weighted by Gasteiger charge is -2.14. The standard InChI is InChI=1S/C14H22O5S3/c1-17-11-9-12(18-2)14(13(10-11)19-3)21-20-7-5-4-6-8-22(15)16/h9-10H,4-8H2,1-3H3,(H,15,16). The van der Waals surface area contributed by atoms with Crippen LogP contribution in [0.4, 0.5) is 0 Å². The Bertz CT molecular complexity index is 457. The SMILES string of the molecule is COc1cc(OC)c(SSCCCCCS(=O)O)c(OC)c1. The Morgan fingerprint density at radius 3 is 2.18 bits per heavy atom. The van der Waals surface area contributed by atoms with Crippen LogP contribution in [0.5, 0.6) is 17.2 Å². The second kappa shape index (κ2) is 11.0. The molecule has 0 radical (unpaired) electrons. The highest BCUT2D eigenvalue weighted by Gasteiger charge is 2.14. The lowest BCUT2D eigenvalue weighted by molar-refractivity contribution is 0.362. The van der Waals surface area contributed by atoms with Crippen molar-refractivity contribution in [3.8, 4) is 17.2 Å². The van der Waals surface area contributed by atoms with Crippen LogP contribution in [0.2, 0.25) is 0 Å². The molecule has 0 heterocycles. The van der Waals surface area contributed by atoms with Gasteiger partial charge >= 0.3 is 0 Å². The fraction of sp³-hybridized carbons (Fsp3) is 0.571. The average Bonchev–Trinajstić information content (AvgIpc) is 2.53. The van der Waals surface area contributed by atoms with Gasteiger partial charge in [0, 0.05) is 23.6 Å². The minimum Gasteiger partial charge on any atom is -0.496 e. The van der Waals surface area contributed by atoms with Crippen LogP contribution in [-0.4, -0.2) is 41.6 Å². The van der Waals surface area contributed by atoms with Crippen LogP contribution in [0.1, 0.15) is 19.3 Å². The first-order valence-corrected chi connectivity index (χ1v) is 10.4. The van der Waals surface area contributed by atoms with Crippen molar-refractivity contribution in [3.05, 3.63) is 12.1 Å². The van der Waals surface area contributed by atoms with Gasteiger partial charge in [0.15, 0.2) is 11.1 Å². The summed E-state index contributed by atoms with van der Waals surface area (Å²) < 4.78 is 35.2. The lowest BCUT2D eigenvalue weighted by atomic mass is 10.3. The molecule has 0 saturated heterocycles. The molecule has 1 unspecified atom stereocenters. The van der Waals surface area contributed by atoms with Gasteiger partial charge in [-0.05, 0) is 23.6 Å². The monoisotopic (exact) mass is 366 g/mol. The summed E-state index contributed by atoms with van der Waals surface area (Å²) in [5.41, 5.74) is 0. The molecular formula is C14H22O5S3. The van der Waals surface area contributed by atoms with Gasteiger partial charge in [0.1, 0.15) is 22.1 Å². The number of rotatable bonds is 11. The molecule has 1 atom stereocenters. The van der Waals surface area contributed by atoms with E-state index in [1.807, 2.05) is 12.1 Å². The molecule has 8 heteroatoms. The van der Waals surface area contributed by atoms with Gasteiger partial charge in [0.25, 0.3) is 0 Å². The van der Waals surface area contributed by atoms with E-state index in [1.54, 1.807) is 42.9 Å². The molecule has 0 aromatic heterocycles. The first-order valence-electron chi connectivity index (χ1n) is 6.79. The second-order valence-electron chi connectivity index (χ2n) is 4.35. The number of ether oxygens (including phenoxy) is 3. The van der Waals surface area contributed by atoms with Crippen LogP contribution in [0.15, 0.2) is 17.0 Å². The fourth-order valence-corrected chi connectivity index (χ4v) is 4.59. The zero-order valence-corrected chi connectivity index (χ0v) is 15.4. The molecule has 0 aliphatic heterocycles. The third-order valence-corrected chi connectivity index (χ3v) is 5.99. The van der Waals surface area contributed by atoms with Crippen LogP contribution < -0.4 is 14.2 Å². The summed E-state index contributed by atoms with van der Waals surface area (Å²) >= 11 is -1.67. The molecule has 0 aliphatic rings. The van der Waals surface area contributed by atoms with Crippen LogP contribution in [0.25, 0.3) is 0 Å². The molecule has 1 aromatic carbocycles. The number of hydrogen-bond donors (Lipinski definition) is 1. The Labute approximate surface area is 142 Å². The van der Waals surface area contributed by atoms with Gasteiger partial charge in [-0.3, -0.25) is 0 Å². The summed E-state index contributed by atoms with van der Waals surface area (Å²) in [5.74, 6) is 3.47. The third-order valence-electron chi connectivity index (χ3n) is 2.86. The smallest absolute Gasteiger partial charge is 0.152 e. The van der Waals surface area contributed by atoms with E-state index in [2.05, 4.69) is 0 Å².